The van der Waals surface area contributed by atoms with Gasteiger partial charge in [0.2, 0.25) is 10.0 Å². The Labute approximate surface area is 123 Å². The Balaban J connectivity index is 1.81. The molecule has 0 saturated carbocycles. The van der Waals surface area contributed by atoms with Gasteiger partial charge in [0.05, 0.1) is 0 Å². The number of nitrogens with two attached hydrogens (primary N) is 1. The Morgan fingerprint density at radius 2 is 2.00 bits per heavy atom. The highest BCUT2D eigenvalue weighted by atomic mass is 32.2. The number of hydrogen-bond donors (Lipinski definition) is 2. The summed E-state index contributed by atoms with van der Waals surface area (Å²) in [7, 11) is -3.50. The van der Waals surface area contributed by atoms with Gasteiger partial charge in [-0.3, -0.25) is 0 Å². The van der Waals surface area contributed by atoms with Gasteiger partial charge in [0.1, 0.15) is 10.5 Å². The molecule has 0 aliphatic carbocycles. The highest BCUT2D eigenvalue weighted by molar-refractivity contribution is 7.89. The van der Waals surface area contributed by atoms with Crippen LogP contribution in [0.5, 0.6) is 0 Å². The second-order valence-corrected chi connectivity index (χ2v) is 7.82. The van der Waals surface area contributed by atoms with Gasteiger partial charge in [0.25, 0.3) is 0 Å². The van der Waals surface area contributed by atoms with Crippen LogP contribution in [-0.2, 0) is 10.0 Å². The third-order valence-electron chi connectivity index (χ3n) is 4.67. The number of aromatic nitrogens is 2. The maximum absolute atomic E-state index is 13.1. The third-order valence-corrected chi connectivity index (χ3v) is 6.72. The van der Waals surface area contributed by atoms with Gasteiger partial charge in [-0.1, -0.05) is 0 Å². The summed E-state index contributed by atoms with van der Waals surface area (Å²) in [6, 6.07) is 3.77. The largest absolute Gasteiger partial charge is 0.345 e. The number of rotatable bonds is 2. The number of aromatic amines is 1. The van der Waals surface area contributed by atoms with Crippen LogP contribution < -0.4 is 5.73 Å². The van der Waals surface area contributed by atoms with Crippen molar-refractivity contribution in [3.05, 3.63) is 24.5 Å². The zero-order valence-corrected chi connectivity index (χ0v) is 12.4. The summed E-state index contributed by atoms with van der Waals surface area (Å²) in [6.45, 7) is 0. The number of hydrogen-bond acceptors (Lipinski definition) is 4. The van der Waals surface area contributed by atoms with Gasteiger partial charge in [-0.2, -0.15) is 4.31 Å². The van der Waals surface area contributed by atoms with Crippen LogP contribution in [0.4, 0.5) is 0 Å². The van der Waals surface area contributed by atoms with E-state index >= 15 is 0 Å². The summed E-state index contributed by atoms with van der Waals surface area (Å²) >= 11 is 0. The maximum Gasteiger partial charge on any atom is 0.245 e. The molecule has 2 fully saturated rings. The SMILES string of the molecule is NC1CC2CCC(C1)N2S(=O)(=O)c1c[nH]c2ncccc12. The van der Waals surface area contributed by atoms with E-state index in [4.69, 9.17) is 5.73 Å². The summed E-state index contributed by atoms with van der Waals surface area (Å²) in [5.41, 5.74) is 6.64. The van der Waals surface area contributed by atoms with Crippen LogP contribution in [-0.4, -0.2) is 40.8 Å². The summed E-state index contributed by atoms with van der Waals surface area (Å²) in [5.74, 6) is 0. The molecule has 7 heteroatoms. The van der Waals surface area contributed by atoms with Crippen molar-refractivity contribution in [2.45, 2.75) is 48.7 Å². The number of nitrogens with zero attached hydrogens (tertiary/aromatic N) is 2. The van der Waals surface area contributed by atoms with Crippen molar-refractivity contribution in [2.75, 3.05) is 0 Å². The molecule has 2 bridgehead atoms. The molecule has 112 valence electrons. The van der Waals surface area contributed by atoms with E-state index in [9.17, 15) is 8.42 Å². The van der Waals surface area contributed by atoms with Crippen molar-refractivity contribution in [2.24, 2.45) is 5.73 Å². The molecule has 2 unspecified atom stereocenters. The Hall–Kier alpha value is -1.44. The Morgan fingerprint density at radius 1 is 1.29 bits per heavy atom. The van der Waals surface area contributed by atoms with E-state index < -0.39 is 10.0 Å². The standard InChI is InChI=1S/C14H18N4O2S/c15-9-6-10-3-4-11(7-9)18(10)21(19,20)13-8-17-14-12(13)2-1-5-16-14/h1-2,5,8-11H,3-4,6-7,15H2,(H,16,17). The van der Waals surface area contributed by atoms with Gasteiger partial charge in [0, 0.05) is 35.9 Å². The number of sulfonamides is 1. The molecule has 2 atom stereocenters. The molecule has 21 heavy (non-hydrogen) atoms. The molecule has 2 saturated heterocycles. The molecule has 2 aliphatic rings. The molecule has 6 nitrogen and oxygen atoms in total. The molecule has 4 heterocycles. The molecule has 3 N–H and O–H groups in total. The first kappa shape index (κ1) is 13.2. The van der Waals surface area contributed by atoms with E-state index in [1.807, 2.05) is 0 Å². The Kier molecular flexibility index (Phi) is 2.85. The van der Waals surface area contributed by atoms with Crippen molar-refractivity contribution in [3.8, 4) is 0 Å². The van der Waals surface area contributed by atoms with E-state index in [0.717, 1.165) is 25.7 Å². The highest BCUT2D eigenvalue weighted by Gasteiger charge is 2.46. The fourth-order valence-electron chi connectivity index (χ4n) is 3.83. The van der Waals surface area contributed by atoms with Crippen molar-refractivity contribution in [1.29, 1.82) is 0 Å². The summed E-state index contributed by atoms with van der Waals surface area (Å²) in [4.78, 5) is 7.45. The number of pyridine rings is 1. The lowest BCUT2D eigenvalue weighted by Gasteiger charge is -2.36. The third kappa shape index (κ3) is 1.91. The lowest BCUT2D eigenvalue weighted by molar-refractivity contribution is 0.227. The Morgan fingerprint density at radius 3 is 2.71 bits per heavy atom. The summed E-state index contributed by atoms with van der Waals surface area (Å²) in [6.07, 6.45) is 6.56. The molecule has 0 radical (unpaired) electrons. The molecule has 0 amide bonds. The molecule has 2 aliphatic heterocycles. The normalized spacial score (nSPS) is 30.0. The highest BCUT2D eigenvalue weighted by Crippen LogP contribution is 2.40. The van der Waals surface area contributed by atoms with Gasteiger partial charge in [-0.15, -0.1) is 0 Å². The average Bonchev–Trinajstić information content (AvgIpc) is 2.99. The van der Waals surface area contributed by atoms with Crippen LogP contribution in [0.25, 0.3) is 11.0 Å². The lowest BCUT2D eigenvalue weighted by Crippen LogP contribution is -2.49. The quantitative estimate of drug-likeness (QED) is 0.872. The number of nitrogens with one attached hydrogen (secondary N) is 1. The monoisotopic (exact) mass is 306 g/mol. The minimum Gasteiger partial charge on any atom is -0.345 e. The predicted molar refractivity (Wildman–Crippen MR) is 79.1 cm³/mol. The van der Waals surface area contributed by atoms with Crippen LogP contribution >= 0.6 is 0 Å². The lowest BCUT2D eigenvalue weighted by atomic mass is 10.0. The molecule has 0 spiro atoms. The van der Waals surface area contributed by atoms with Crippen molar-refractivity contribution in [3.63, 3.8) is 0 Å². The van der Waals surface area contributed by atoms with Crippen LogP contribution in [0.1, 0.15) is 25.7 Å². The number of H-pyrrole nitrogens is 1. The van der Waals surface area contributed by atoms with E-state index in [2.05, 4.69) is 9.97 Å². The smallest absolute Gasteiger partial charge is 0.245 e. The first-order valence-electron chi connectivity index (χ1n) is 7.28. The fraction of sp³-hybridized carbons (Fsp3) is 0.500. The first-order chi connectivity index (χ1) is 10.1. The zero-order chi connectivity index (χ0) is 14.6. The zero-order valence-electron chi connectivity index (χ0n) is 11.6. The minimum atomic E-state index is -3.50. The predicted octanol–water partition coefficient (Wildman–Crippen LogP) is 1.21. The minimum absolute atomic E-state index is 0.0466. The summed E-state index contributed by atoms with van der Waals surface area (Å²) in [5, 5.41) is 0.659. The topological polar surface area (TPSA) is 92.1 Å². The maximum atomic E-state index is 13.1. The van der Waals surface area contributed by atoms with E-state index in [-0.39, 0.29) is 18.1 Å². The molecule has 4 rings (SSSR count). The second kappa shape index (κ2) is 4.53. The van der Waals surface area contributed by atoms with Crippen LogP contribution in [0, 0.1) is 0 Å². The van der Waals surface area contributed by atoms with Crippen LogP contribution in [0.15, 0.2) is 29.4 Å². The van der Waals surface area contributed by atoms with E-state index in [1.165, 1.54) is 0 Å². The number of fused-ring (bicyclic) bond motifs is 3. The first-order valence-corrected chi connectivity index (χ1v) is 8.72. The van der Waals surface area contributed by atoms with E-state index in [0.29, 0.717) is 15.9 Å². The molecule has 0 aromatic carbocycles. The van der Waals surface area contributed by atoms with Gasteiger partial charge >= 0.3 is 0 Å². The molecule has 2 aromatic rings. The number of piperidine rings is 1. The van der Waals surface area contributed by atoms with Gasteiger partial charge in [-0.25, -0.2) is 13.4 Å². The molecular weight excluding hydrogens is 288 g/mol. The Bertz CT molecular complexity index is 771. The van der Waals surface area contributed by atoms with Crippen molar-refractivity contribution >= 4 is 21.1 Å². The second-order valence-electron chi connectivity index (χ2n) is 6.00. The van der Waals surface area contributed by atoms with E-state index in [1.54, 1.807) is 28.8 Å². The molecule has 2 aromatic heterocycles. The van der Waals surface area contributed by atoms with Crippen molar-refractivity contribution in [1.82, 2.24) is 14.3 Å². The average molecular weight is 306 g/mol. The van der Waals surface area contributed by atoms with Crippen LogP contribution in [0.2, 0.25) is 0 Å². The van der Waals surface area contributed by atoms with Crippen LogP contribution in [0.3, 0.4) is 0 Å². The van der Waals surface area contributed by atoms with Gasteiger partial charge in [-0.05, 0) is 37.8 Å². The fourth-order valence-corrected chi connectivity index (χ4v) is 5.87. The summed E-state index contributed by atoms with van der Waals surface area (Å²) < 4.78 is 27.8. The van der Waals surface area contributed by atoms with Gasteiger partial charge in [0.15, 0.2) is 0 Å². The van der Waals surface area contributed by atoms with Gasteiger partial charge < -0.3 is 10.7 Å². The molecular formula is C14H18N4O2S. The van der Waals surface area contributed by atoms with Crippen molar-refractivity contribution < 1.29 is 8.42 Å².